The van der Waals surface area contributed by atoms with E-state index in [0.29, 0.717) is 23.8 Å². The fourth-order valence-electron chi connectivity index (χ4n) is 4.63. The van der Waals surface area contributed by atoms with Gasteiger partial charge in [-0.05, 0) is 50.6 Å². The van der Waals surface area contributed by atoms with Crippen LogP contribution in [-0.4, -0.2) is 59.6 Å². The number of carbonyl (C=O) groups excluding carboxylic acids is 1. The van der Waals surface area contributed by atoms with Gasteiger partial charge in [0.2, 0.25) is 11.9 Å². The molecule has 4 aromatic rings. The predicted molar refractivity (Wildman–Crippen MR) is 153 cm³/mol. The Balaban J connectivity index is 1.40. The molecule has 0 saturated carbocycles. The van der Waals surface area contributed by atoms with E-state index in [2.05, 4.69) is 25.8 Å². The van der Waals surface area contributed by atoms with Crippen LogP contribution in [0.3, 0.4) is 0 Å². The molecule has 1 fully saturated rings. The van der Waals surface area contributed by atoms with E-state index in [0.717, 1.165) is 59.6 Å². The summed E-state index contributed by atoms with van der Waals surface area (Å²) in [5.74, 6) is 0.472. The van der Waals surface area contributed by atoms with Gasteiger partial charge in [0.05, 0.1) is 18.2 Å². The van der Waals surface area contributed by atoms with Crippen molar-refractivity contribution in [2.45, 2.75) is 26.9 Å². The number of rotatable bonds is 8. The van der Waals surface area contributed by atoms with Gasteiger partial charge < -0.3 is 20.7 Å². The number of para-hydroxylation sites is 1. The Kier molecular flexibility index (Phi) is 7.99. The lowest BCUT2D eigenvalue weighted by molar-refractivity contribution is -0.117. The molecule has 0 aliphatic carbocycles. The Morgan fingerprint density at radius 1 is 1.10 bits per heavy atom. The summed E-state index contributed by atoms with van der Waals surface area (Å²) in [7, 11) is 0. The molecule has 39 heavy (non-hydrogen) atoms. The van der Waals surface area contributed by atoms with Crippen molar-refractivity contribution in [3.8, 4) is 16.9 Å². The van der Waals surface area contributed by atoms with Crippen LogP contribution in [0.4, 0.5) is 21.7 Å². The Morgan fingerprint density at radius 2 is 1.92 bits per heavy atom. The van der Waals surface area contributed by atoms with Crippen LogP contribution in [0.1, 0.15) is 19.4 Å². The largest absolute Gasteiger partial charge is 0.490 e. The molecule has 3 N–H and O–H groups in total. The lowest BCUT2D eigenvalue weighted by Gasteiger charge is -2.26. The highest BCUT2D eigenvalue weighted by molar-refractivity contribution is 5.96. The molecular weight excluding hydrogens is 495 g/mol. The van der Waals surface area contributed by atoms with Crippen LogP contribution in [0.5, 0.6) is 5.75 Å². The molecule has 5 rings (SSSR count). The molecule has 0 radical (unpaired) electrons. The summed E-state index contributed by atoms with van der Waals surface area (Å²) < 4.78 is 20.0. The van der Waals surface area contributed by atoms with Crippen LogP contribution >= 0.6 is 0 Å². The summed E-state index contributed by atoms with van der Waals surface area (Å²) >= 11 is 0. The van der Waals surface area contributed by atoms with Gasteiger partial charge in [-0.1, -0.05) is 24.3 Å². The van der Waals surface area contributed by atoms with Gasteiger partial charge in [-0.3, -0.25) is 9.69 Å². The van der Waals surface area contributed by atoms with Gasteiger partial charge >= 0.3 is 0 Å². The molecule has 2 heterocycles. The Labute approximate surface area is 227 Å². The SMILES string of the molecule is Cc1ccc(Nc2ncc3cccc(-c4ccc(F)cc4OC(C)C)c3n2)cc1NC(=O)CN1CCNCC1. The monoisotopic (exact) mass is 528 g/mol. The molecule has 1 amide bonds. The average molecular weight is 529 g/mol. The van der Waals surface area contributed by atoms with Crippen molar-refractivity contribution in [3.05, 3.63) is 72.2 Å². The lowest BCUT2D eigenvalue weighted by atomic mass is 10.0. The van der Waals surface area contributed by atoms with Gasteiger partial charge in [0.1, 0.15) is 11.6 Å². The number of halogens is 1. The molecule has 1 aliphatic rings. The molecule has 8 nitrogen and oxygen atoms in total. The summed E-state index contributed by atoms with van der Waals surface area (Å²) in [5, 5.41) is 10.5. The van der Waals surface area contributed by atoms with Gasteiger partial charge in [0, 0.05) is 66.3 Å². The first-order valence-corrected chi connectivity index (χ1v) is 13.2. The zero-order chi connectivity index (χ0) is 27.4. The van der Waals surface area contributed by atoms with E-state index in [1.54, 1.807) is 12.3 Å². The average Bonchev–Trinajstić information content (AvgIpc) is 2.91. The maximum absolute atomic E-state index is 14.0. The first kappa shape index (κ1) is 26.5. The highest BCUT2D eigenvalue weighted by Gasteiger charge is 2.16. The van der Waals surface area contributed by atoms with E-state index in [-0.39, 0.29) is 17.8 Å². The highest BCUT2D eigenvalue weighted by atomic mass is 19.1. The van der Waals surface area contributed by atoms with Crippen LogP contribution in [0, 0.1) is 12.7 Å². The third kappa shape index (κ3) is 6.50. The fraction of sp³-hybridized carbons (Fsp3) is 0.300. The lowest BCUT2D eigenvalue weighted by Crippen LogP contribution is -2.46. The molecule has 0 unspecified atom stereocenters. The molecule has 0 spiro atoms. The fourth-order valence-corrected chi connectivity index (χ4v) is 4.63. The number of piperazine rings is 1. The second kappa shape index (κ2) is 11.8. The van der Waals surface area contributed by atoms with E-state index in [4.69, 9.17) is 9.72 Å². The van der Waals surface area contributed by atoms with E-state index >= 15 is 0 Å². The van der Waals surface area contributed by atoms with Crippen LogP contribution in [0.2, 0.25) is 0 Å². The number of amides is 1. The summed E-state index contributed by atoms with van der Waals surface area (Å²) in [4.78, 5) is 24.1. The number of carbonyl (C=O) groups is 1. The third-order valence-electron chi connectivity index (χ3n) is 6.55. The molecule has 3 aromatic carbocycles. The topological polar surface area (TPSA) is 91.4 Å². The van der Waals surface area contributed by atoms with Gasteiger partial charge in [-0.15, -0.1) is 0 Å². The number of aryl methyl sites for hydroxylation is 1. The van der Waals surface area contributed by atoms with E-state index in [9.17, 15) is 9.18 Å². The number of aromatic nitrogens is 2. The number of hydrogen-bond donors (Lipinski definition) is 3. The molecule has 1 saturated heterocycles. The standard InChI is InChI=1S/C30H33FN6O2/c1-19(2)39-27-15-22(31)8-10-24(27)25-6-4-5-21-17-33-30(36-29(21)25)34-23-9-7-20(3)26(16-23)35-28(38)18-37-13-11-32-12-14-37/h4-10,15-17,19,32H,11-14,18H2,1-3H3,(H,35,38)(H,33,34,36). The first-order chi connectivity index (χ1) is 18.9. The maximum atomic E-state index is 14.0. The van der Waals surface area contributed by atoms with Crippen molar-refractivity contribution in [2.24, 2.45) is 0 Å². The number of benzene rings is 3. The highest BCUT2D eigenvalue weighted by Crippen LogP contribution is 2.36. The quantitative estimate of drug-likeness (QED) is 0.292. The van der Waals surface area contributed by atoms with E-state index in [1.807, 2.05) is 57.2 Å². The van der Waals surface area contributed by atoms with Crippen LogP contribution in [-0.2, 0) is 4.79 Å². The van der Waals surface area contributed by atoms with Crippen molar-refractivity contribution in [1.82, 2.24) is 20.2 Å². The van der Waals surface area contributed by atoms with E-state index < -0.39 is 0 Å². The van der Waals surface area contributed by atoms with Crippen molar-refractivity contribution in [3.63, 3.8) is 0 Å². The van der Waals surface area contributed by atoms with Gasteiger partial charge in [0.15, 0.2) is 0 Å². The Bertz CT molecular complexity index is 1490. The number of nitrogens with zero attached hydrogens (tertiary/aromatic N) is 3. The molecule has 0 bridgehead atoms. The number of nitrogens with one attached hydrogen (secondary N) is 3. The second-order valence-corrected chi connectivity index (χ2v) is 9.97. The van der Waals surface area contributed by atoms with Crippen molar-refractivity contribution in [1.29, 1.82) is 0 Å². The number of fused-ring (bicyclic) bond motifs is 1. The molecule has 9 heteroatoms. The van der Waals surface area contributed by atoms with Gasteiger partial charge in [-0.2, -0.15) is 0 Å². The predicted octanol–water partition coefficient (Wildman–Crippen LogP) is 5.12. The summed E-state index contributed by atoms with van der Waals surface area (Å²) in [6.07, 6.45) is 1.64. The third-order valence-corrected chi connectivity index (χ3v) is 6.55. The minimum Gasteiger partial charge on any atom is -0.490 e. The summed E-state index contributed by atoms with van der Waals surface area (Å²) in [6, 6.07) is 16.1. The van der Waals surface area contributed by atoms with Crippen LogP contribution < -0.4 is 20.7 Å². The molecule has 1 aliphatic heterocycles. The van der Waals surface area contributed by atoms with Crippen molar-refractivity contribution < 1.29 is 13.9 Å². The molecule has 202 valence electrons. The zero-order valence-electron chi connectivity index (χ0n) is 22.4. The van der Waals surface area contributed by atoms with Crippen molar-refractivity contribution >= 4 is 34.1 Å². The van der Waals surface area contributed by atoms with E-state index in [1.165, 1.54) is 12.1 Å². The maximum Gasteiger partial charge on any atom is 0.238 e. The van der Waals surface area contributed by atoms with Crippen LogP contribution in [0.25, 0.3) is 22.0 Å². The van der Waals surface area contributed by atoms with Crippen molar-refractivity contribution in [2.75, 3.05) is 43.4 Å². The summed E-state index contributed by atoms with van der Waals surface area (Å²) in [5.41, 5.74) is 4.74. The minimum absolute atomic E-state index is 0.0394. The zero-order valence-corrected chi connectivity index (χ0v) is 22.4. The normalized spacial score (nSPS) is 14.0. The minimum atomic E-state index is -0.359. The second-order valence-electron chi connectivity index (χ2n) is 9.97. The van der Waals surface area contributed by atoms with Gasteiger partial charge in [-0.25, -0.2) is 14.4 Å². The molecule has 1 aromatic heterocycles. The molecular formula is C30H33FN6O2. The van der Waals surface area contributed by atoms with Gasteiger partial charge in [0.25, 0.3) is 0 Å². The smallest absolute Gasteiger partial charge is 0.238 e. The molecule has 0 atom stereocenters. The Morgan fingerprint density at radius 3 is 2.72 bits per heavy atom. The Hall–Kier alpha value is -4.08. The first-order valence-electron chi connectivity index (χ1n) is 13.2. The number of ether oxygens (including phenoxy) is 1. The van der Waals surface area contributed by atoms with Crippen LogP contribution in [0.15, 0.2) is 60.8 Å². The summed E-state index contributed by atoms with van der Waals surface area (Å²) in [6.45, 7) is 9.65. The number of anilines is 3. The number of hydrogen-bond acceptors (Lipinski definition) is 7.